The van der Waals surface area contributed by atoms with Gasteiger partial charge in [0.25, 0.3) is 0 Å². The van der Waals surface area contributed by atoms with Gasteiger partial charge in [-0.3, -0.25) is 0 Å². The van der Waals surface area contributed by atoms with E-state index < -0.39 is 10.1 Å². The Labute approximate surface area is 136 Å². The van der Waals surface area contributed by atoms with Crippen LogP contribution in [0.3, 0.4) is 0 Å². The zero-order valence-electron chi connectivity index (χ0n) is 11.4. The van der Waals surface area contributed by atoms with Crippen LogP contribution in [0.5, 0.6) is 0 Å². The molecule has 0 aliphatic rings. The summed E-state index contributed by atoms with van der Waals surface area (Å²) in [6.07, 6.45) is 1.51. The normalized spacial score (nSPS) is 11.3. The largest absolute Gasteiger partial charge is 1.00 e. The molecule has 0 radical (unpaired) electrons. The van der Waals surface area contributed by atoms with Crippen molar-refractivity contribution >= 4 is 20.9 Å². The van der Waals surface area contributed by atoms with Crippen molar-refractivity contribution in [3.63, 3.8) is 0 Å². The summed E-state index contributed by atoms with van der Waals surface area (Å²) in [6, 6.07) is 9.05. The fourth-order valence-corrected chi connectivity index (χ4v) is 2.80. The Morgan fingerprint density at radius 1 is 1.00 bits per heavy atom. The van der Waals surface area contributed by atoms with Crippen molar-refractivity contribution in [1.29, 1.82) is 0 Å². The standard InChI is InChI=1S/C14H16O3S.Na/c1-3-10-5-6-12-7-11(4-2)9-14(13(12)8-10)18(15,16)17;/h5-9H,3-4H2,1-2H3,(H,15,16,17);/q;+1/p-1. The van der Waals surface area contributed by atoms with E-state index in [-0.39, 0.29) is 34.5 Å². The van der Waals surface area contributed by atoms with E-state index in [0.29, 0.717) is 11.8 Å². The third-order valence-corrected chi connectivity index (χ3v) is 4.00. The van der Waals surface area contributed by atoms with Crippen LogP contribution in [0.15, 0.2) is 35.2 Å². The van der Waals surface area contributed by atoms with E-state index in [1.807, 2.05) is 32.0 Å². The molecule has 19 heavy (non-hydrogen) atoms. The first-order valence-corrected chi connectivity index (χ1v) is 7.38. The molecule has 0 spiro atoms. The summed E-state index contributed by atoms with van der Waals surface area (Å²) in [5.74, 6) is 0. The molecular weight excluding hydrogens is 271 g/mol. The van der Waals surface area contributed by atoms with Gasteiger partial charge in [0, 0.05) is 0 Å². The Bertz CT molecular complexity index is 693. The van der Waals surface area contributed by atoms with Gasteiger partial charge in [0.1, 0.15) is 10.1 Å². The van der Waals surface area contributed by atoms with Gasteiger partial charge in [0.2, 0.25) is 0 Å². The average molecular weight is 286 g/mol. The van der Waals surface area contributed by atoms with Gasteiger partial charge in [-0.05, 0) is 46.9 Å². The summed E-state index contributed by atoms with van der Waals surface area (Å²) in [5.41, 5.74) is 1.89. The Morgan fingerprint density at radius 2 is 1.63 bits per heavy atom. The number of hydrogen-bond acceptors (Lipinski definition) is 3. The summed E-state index contributed by atoms with van der Waals surface area (Å²) in [5, 5.41) is 1.34. The van der Waals surface area contributed by atoms with Gasteiger partial charge in [-0.25, -0.2) is 8.42 Å². The van der Waals surface area contributed by atoms with Crippen LogP contribution in [0.1, 0.15) is 25.0 Å². The van der Waals surface area contributed by atoms with Gasteiger partial charge >= 0.3 is 29.6 Å². The van der Waals surface area contributed by atoms with Crippen LogP contribution in [-0.4, -0.2) is 13.0 Å². The second-order valence-corrected chi connectivity index (χ2v) is 5.66. The molecule has 0 atom stereocenters. The summed E-state index contributed by atoms with van der Waals surface area (Å²) < 4.78 is 34.1. The van der Waals surface area contributed by atoms with E-state index in [1.54, 1.807) is 6.07 Å². The van der Waals surface area contributed by atoms with Crippen molar-refractivity contribution in [2.75, 3.05) is 0 Å². The summed E-state index contributed by atoms with van der Waals surface area (Å²) in [4.78, 5) is -0.104. The molecule has 5 heteroatoms. The molecule has 0 fully saturated rings. The van der Waals surface area contributed by atoms with Gasteiger partial charge in [-0.1, -0.05) is 32.0 Å². The predicted molar refractivity (Wildman–Crippen MR) is 70.7 cm³/mol. The maximum atomic E-state index is 11.4. The minimum Gasteiger partial charge on any atom is -0.744 e. The smallest absolute Gasteiger partial charge is 0.744 e. The molecule has 2 aromatic rings. The average Bonchev–Trinajstić information content (AvgIpc) is 2.35. The second kappa shape index (κ2) is 6.37. The van der Waals surface area contributed by atoms with Gasteiger partial charge in [0.15, 0.2) is 0 Å². The number of hydrogen-bond donors (Lipinski definition) is 0. The van der Waals surface area contributed by atoms with Crippen LogP contribution in [0, 0.1) is 0 Å². The monoisotopic (exact) mass is 286 g/mol. The molecule has 0 N–H and O–H groups in total. The van der Waals surface area contributed by atoms with E-state index in [9.17, 15) is 13.0 Å². The SMILES string of the molecule is CCc1cc(S(=O)(=O)[O-])c2cc(CC)ccc2c1.[Na+]. The Hall–Kier alpha value is -0.390. The molecule has 96 valence electrons. The van der Waals surface area contributed by atoms with Crippen LogP contribution in [0.2, 0.25) is 0 Å². The molecular formula is C14H15NaO3S. The van der Waals surface area contributed by atoms with Crippen LogP contribution in [-0.2, 0) is 23.0 Å². The van der Waals surface area contributed by atoms with Gasteiger partial charge < -0.3 is 4.55 Å². The van der Waals surface area contributed by atoms with Crippen LogP contribution in [0.25, 0.3) is 10.8 Å². The van der Waals surface area contributed by atoms with E-state index in [4.69, 9.17) is 0 Å². The number of fused-ring (bicyclic) bond motifs is 1. The van der Waals surface area contributed by atoms with Gasteiger partial charge in [0.05, 0.1) is 4.90 Å². The maximum absolute atomic E-state index is 11.4. The molecule has 0 amide bonds. The Kier molecular flexibility index (Phi) is 5.59. The molecule has 0 saturated carbocycles. The Morgan fingerprint density at radius 3 is 2.16 bits per heavy atom. The molecule has 0 aliphatic carbocycles. The van der Waals surface area contributed by atoms with Gasteiger partial charge in [-0.15, -0.1) is 0 Å². The molecule has 2 rings (SSSR count). The third-order valence-electron chi connectivity index (χ3n) is 3.13. The van der Waals surface area contributed by atoms with Crippen molar-refractivity contribution < 1.29 is 42.5 Å². The van der Waals surface area contributed by atoms with Crippen molar-refractivity contribution in [2.24, 2.45) is 0 Å². The zero-order chi connectivity index (χ0) is 13.3. The second-order valence-electron chi connectivity index (χ2n) is 4.31. The molecule has 0 aromatic heterocycles. The molecule has 0 aliphatic heterocycles. The minimum absolute atomic E-state index is 0. The fourth-order valence-electron chi connectivity index (χ4n) is 2.06. The molecule has 2 aromatic carbocycles. The van der Waals surface area contributed by atoms with Crippen LogP contribution < -0.4 is 29.6 Å². The third kappa shape index (κ3) is 3.58. The van der Waals surface area contributed by atoms with E-state index in [2.05, 4.69) is 0 Å². The van der Waals surface area contributed by atoms with Crippen molar-refractivity contribution in [3.8, 4) is 0 Å². The number of benzene rings is 2. The summed E-state index contributed by atoms with van der Waals surface area (Å²) >= 11 is 0. The molecule has 0 saturated heterocycles. The van der Waals surface area contributed by atoms with E-state index >= 15 is 0 Å². The molecule has 0 unspecified atom stereocenters. The van der Waals surface area contributed by atoms with Crippen molar-refractivity contribution in [3.05, 3.63) is 41.5 Å². The predicted octanol–water partition coefficient (Wildman–Crippen LogP) is -0.127. The molecule has 0 bridgehead atoms. The van der Waals surface area contributed by atoms with Gasteiger partial charge in [-0.2, -0.15) is 0 Å². The molecule has 3 nitrogen and oxygen atoms in total. The van der Waals surface area contributed by atoms with Crippen molar-refractivity contribution in [2.45, 2.75) is 31.6 Å². The first-order chi connectivity index (χ1) is 8.45. The summed E-state index contributed by atoms with van der Waals surface area (Å²) in [7, 11) is -4.44. The number of rotatable bonds is 3. The number of aryl methyl sites for hydroxylation is 2. The van der Waals surface area contributed by atoms with Crippen LogP contribution >= 0.6 is 0 Å². The molecule has 0 heterocycles. The first-order valence-electron chi connectivity index (χ1n) is 5.97. The minimum atomic E-state index is -4.44. The fraction of sp³-hybridized carbons (Fsp3) is 0.286. The summed E-state index contributed by atoms with van der Waals surface area (Å²) in [6.45, 7) is 3.93. The quantitative estimate of drug-likeness (QED) is 0.583. The topological polar surface area (TPSA) is 57.2 Å². The van der Waals surface area contributed by atoms with E-state index in [0.717, 1.165) is 22.9 Å². The maximum Gasteiger partial charge on any atom is 1.00 e. The van der Waals surface area contributed by atoms with Crippen LogP contribution in [0.4, 0.5) is 0 Å². The van der Waals surface area contributed by atoms with Crippen molar-refractivity contribution in [1.82, 2.24) is 0 Å². The zero-order valence-corrected chi connectivity index (χ0v) is 14.3. The van der Waals surface area contributed by atoms with E-state index in [1.165, 1.54) is 6.07 Å². The Balaban J connectivity index is 0.00000180. The first kappa shape index (κ1) is 16.7.